The third kappa shape index (κ3) is 4.53. The molecule has 0 aromatic heterocycles. The van der Waals surface area contributed by atoms with E-state index in [-0.39, 0.29) is 23.7 Å². The second kappa shape index (κ2) is 9.16. The van der Waals surface area contributed by atoms with Crippen LogP contribution in [0.3, 0.4) is 0 Å². The number of aryl methyl sites for hydroxylation is 1. The van der Waals surface area contributed by atoms with Crippen molar-refractivity contribution in [1.82, 2.24) is 0 Å². The number of anilines is 1. The van der Waals surface area contributed by atoms with Crippen LogP contribution in [-0.2, 0) is 14.3 Å². The Balaban J connectivity index is 1.99. The zero-order valence-corrected chi connectivity index (χ0v) is 18.2. The number of rotatable bonds is 7. The van der Waals surface area contributed by atoms with Gasteiger partial charge >= 0.3 is 5.97 Å². The number of aliphatic hydroxyl groups is 1. The molecule has 0 bridgehead atoms. The van der Waals surface area contributed by atoms with Gasteiger partial charge in [-0.25, -0.2) is 4.79 Å². The molecule has 0 aliphatic carbocycles. The third-order valence-electron chi connectivity index (χ3n) is 5.12. The lowest BCUT2D eigenvalue weighted by Gasteiger charge is -2.27. The number of carbonyl (C=O) groups is 3. The van der Waals surface area contributed by atoms with Crippen molar-refractivity contribution in [1.29, 1.82) is 0 Å². The lowest BCUT2D eigenvalue weighted by atomic mass is 9.94. The van der Waals surface area contributed by atoms with E-state index in [9.17, 15) is 19.5 Å². The van der Waals surface area contributed by atoms with Crippen molar-refractivity contribution in [3.8, 4) is 0 Å². The maximum atomic E-state index is 13.0. The predicted molar refractivity (Wildman–Crippen MR) is 118 cm³/mol. The molecule has 1 atom stereocenters. The lowest BCUT2D eigenvalue weighted by molar-refractivity contribution is -0.118. The molecular weight excluding hydrogens is 394 g/mol. The Morgan fingerprint density at radius 1 is 1.13 bits per heavy atom. The highest BCUT2D eigenvalue weighted by Crippen LogP contribution is 2.41. The summed E-state index contributed by atoms with van der Waals surface area (Å²) in [6.07, 6.45) is 0.170. The van der Waals surface area contributed by atoms with E-state index in [0.717, 1.165) is 11.1 Å². The van der Waals surface area contributed by atoms with Crippen molar-refractivity contribution >= 4 is 23.3 Å². The highest BCUT2D eigenvalue weighted by atomic mass is 16.5. The number of Topliss-reactive ketones (excluding diaryl/α,β-unsaturated/α-hetero) is 1. The monoisotopic (exact) mass is 421 g/mol. The van der Waals surface area contributed by atoms with Gasteiger partial charge in [-0.15, -0.1) is 0 Å². The van der Waals surface area contributed by atoms with E-state index < -0.39 is 23.7 Å². The first kappa shape index (κ1) is 22.3. The second-order valence-electron chi connectivity index (χ2n) is 8.07. The van der Waals surface area contributed by atoms with Gasteiger partial charge < -0.3 is 9.84 Å². The van der Waals surface area contributed by atoms with Gasteiger partial charge in [-0.2, -0.15) is 0 Å². The number of amides is 1. The molecule has 6 heteroatoms. The van der Waals surface area contributed by atoms with Crippen LogP contribution in [0.1, 0.15) is 54.7 Å². The maximum absolute atomic E-state index is 13.0. The molecule has 31 heavy (non-hydrogen) atoms. The summed E-state index contributed by atoms with van der Waals surface area (Å²) in [5.41, 5.74) is 2.64. The number of benzene rings is 2. The minimum Gasteiger partial charge on any atom is -0.503 e. The highest BCUT2D eigenvalue weighted by molar-refractivity contribution is 6.16. The summed E-state index contributed by atoms with van der Waals surface area (Å²) in [6.45, 7) is 7.85. The van der Waals surface area contributed by atoms with Crippen molar-refractivity contribution in [3.63, 3.8) is 0 Å². The number of nitrogens with zero attached hydrogens (tertiary/aromatic N) is 1. The number of ketones is 1. The van der Waals surface area contributed by atoms with Crippen LogP contribution >= 0.6 is 0 Å². The molecule has 0 fully saturated rings. The van der Waals surface area contributed by atoms with E-state index in [0.29, 0.717) is 17.9 Å². The summed E-state index contributed by atoms with van der Waals surface area (Å²) >= 11 is 0. The van der Waals surface area contributed by atoms with Crippen molar-refractivity contribution in [2.45, 2.75) is 40.2 Å². The summed E-state index contributed by atoms with van der Waals surface area (Å²) in [7, 11) is 0. The van der Waals surface area contributed by atoms with Crippen molar-refractivity contribution in [3.05, 3.63) is 76.6 Å². The second-order valence-corrected chi connectivity index (χ2v) is 8.07. The normalized spacial score (nSPS) is 16.2. The molecule has 0 saturated heterocycles. The molecule has 0 spiro atoms. The largest absolute Gasteiger partial charge is 0.503 e. The molecule has 162 valence electrons. The molecule has 6 nitrogen and oxygen atoms in total. The zero-order valence-electron chi connectivity index (χ0n) is 18.2. The zero-order chi connectivity index (χ0) is 22.7. The Kier molecular flexibility index (Phi) is 6.59. The van der Waals surface area contributed by atoms with Crippen molar-refractivity contribution in [2.75, 3.05) is 11.5 Å². The fourth-order valence-corrected chi connectivity index (χ4v) is 3.59. The average molecular weight is 421 g/mol. The minimum atomic E-state index is -0.737. The lowest BCUT2D eigenvalue weighted by Crippen LogP contribution is -2.31. The van der Waals surface area contributed by atoms with E-state index in [1.54, 1.807) is 31.2 Å². The summed E-state index contributed by atoms with van der Waals surface area (Å²) in [6, 6.07) is 13.2. The average Bonchev–Trinajstić information content (AvgIpc) is 3.02. The van der Waals surface area contributed by atoms with Crippen LogP contribution in [0.2, 0.25) is 0 Å². The van der Waals surface area contributed by atoms with Crippen LogP contribution in [0, 0.1) is 12.8 Å². The van der Waals surface area contributed by atoms with Gasteiger partial charge in [-0.05, 0) is 42.7 Å². The van der Waals surface area contributed by atoms with E-state index in [1.807, 2.05) is 45.0 Å². The highest BCUT2D eigenvalue weighted by Gasteiger charge is 2.43. The van der Waals surface area contributed by atoms with E-state index in [2.05, 4.69) is 0 Å². The number of ether oxygens (including phenoxy) is 1. The summed E-state index contributed by atoms with van der Waals surface area (Å²) in [5, 5.41) is 10.5. The molecule has 1 N–H and O–H groups in total. The standard InChI is InChI=1S/C25H27NO5/c1-5-20(27)21-22(18-8-6-7-16(4)13-18)26(24(29)23(21)28)19-11-9-17(10-12-19)25(30)31-14-15(2)3/h6-13,15,22,28H,5,14H2,1-4H3. The first-order valence-corrected chi connectivity index (χ1v) is 10.4. The van der Waals surface area contributed by atoms with Crippen LogP contribution in [0.4, 0.5) is 5.69 Å². The van der Waals surface area contributed by atoms with Gasteiger partial charge in [0.15, 0.2) is 11.5 Å². The number of esters is 1. The van der Waals surface area contributed by atoms with Crippen LogP contribution in [0.25, 0.3) is 0 Å². The predicted octanol–water partition coefficient (Wildman–Crippen LogP) is 4.69. The van der Waals surface area contributed by atoms with Gasteiger partial charge in [-0.3, -0.25) is 14.5 Å². The molecule has 0 radical (unpaired) electrons. The fourth-order valence-electron chi connectivity index (χ4n) is 3.59. The molecule has 1 aliphatic rings. The summed E-state index contributed by atoms with van der Waals surface area (Å²) in [5.74, 6) is -1.67. The van der Waals surface area contributed by atoms with E-state index >= 15 is 0 Å². The summed E-state index contributed by atoms with van der Waals surface area (Å²) in [4.78, 5) is 39.2. The topological polar surface area (TPSA) is 83.9 Å². The van der Waals surface area contributed by atoms with E-state index in [4.69, 9.17) is 4.74 Å². The molecule has 1 unspecified atom stereocenters. The molecule has 2 aromatic rings. The van der Waals surface area contributed by atoms with Gasteiger partial charge in [0.1, 0.15) is 0 Å². The number of aliphatic hydroxyl groups excluding tert-OH is 1. The SMILES string of the molecule is CCC(=O)C1=C(O)C(=O)N(c2ccc(C(=O)OCC(C)C)cc2)C1c1cccc(C)c1. The molecule has 1 amide bonds. The van der Waals surface area contributed by atoms with Crippen LogP contribution in [-0.4, -0.2) is 29.4 Å². The van der Waals surface area contributed by atoms with Gasteiger partial charge in [0.25, 0.3) is 5.91 Å². The maximum Gasteiger partial charge on any atom is 0.338 e. The van der Waals surface area contributed by atoms with Crippen molar-refractivity contribution in [2.24, 2.45) is 5.92 Å². The minimum absolute atomic E-state index is 0.0959. The van der Waals surface area contributed by atoms with Gasteiger partial charge in [0, 0.05) is 12.1 Å². The Morgan fingerprint density at radius 3 is 2.39 bits per heavy atom. The Labute approximate surface area is 182 Å². The molecule has 1 heterocycles. The van der Waals surface area contributed by atoms with Gasteiger partial charge in [0.05, 0.1) is 23.8 Å². The molecule has 2 aromatic carbocycles. The smallest absolute Gasteiger partial charge is 0.338 e. The number of carbonyl (C=O) groups excluding carboxylic acids is 3. The fraction of sp³-hybridized carbons (Fsp3) is 0.320. The first-order chi connectivity index (χ1) is 14.7. The van der Waals surface area contributed by atoms with Gasteiger partial charge in [0.2, 0.25) is 0 Å². The molecule has 1 aliphatic heterocycles. The summed E-state index contributed by atoms with van der Waals surface area (Å²) < 4.78 is 5.25. The Morgan fingerprint density at radius 2 is 1.81 bits per heavy atom. The first-order valence-electron chi connectivity index (χ1n) is 10.4. The molecular formula is C25H27NO5. The van der Waals surface area contributed by atoms with Crippen molar-refractivity contribution < 1.29 is 24.2 Å². The van der Waals surface area contributed by atoms with Gasteiger partial charge in [-0.1, -0.05) is 50.6 Å². The Bertz CT molecular complexity index is 1040. The third-order valence-corrected chi connectivity index (χ3v) is 5.12. The number of hydrogen-bond donors (Lipinski definition) is 1. The van der Waals surface area contributed by atoms with Crippen LogP contribution in [0.5, 0.6) is 0 Å². The quantitative estimate of drug-likeness (QED) is 0.656. The molecule has 0 saturated carbocycles. The van der Waals surface area contributed by atoms with E-state index in [1.165, 1.54) is 4.90 Å². The van der Waals surface area contributed by atoms with Crippen LogP contribution < -0.4 is 4.90 Å². The van der Waals surface area contributed by atoms with Crippen LogP contribution in [0.15, 0.2) is 59.9 Å². The Hall–Kier alpha value is -3.41. The number of hydrogen-bond acceptors (Lipinski definition) is 5. The molecule has 3 rings (SSSR count).